The standard InChI is InChI=1S/C21H34N2O2S2/c1-9-23(10-2)19(26)27-13-17(22-25)14-11-15(20(3,4)5)18(24)16(12-14)21(6,7)8/h11-12,24-25H,9-10,13H2,1-8H3/b22-17+. The molecule has 0 fully saturated rings. The van der Waals surface area contributed by atoms with Crippen molar-refractivity contribution in [3.63, 3.8) is 0 Å². The van der Waals surface area contributed by atoms with Gasteiger partial charge in [-0.3, -0.25) is 0 Å². The summed E-state index contributed by atoms with van der Waals surface area (Å²) < 4.78 is 0.798. The summed E-state index contributed by atoms with van der Waals surface area (Å²) in [7, 11) is 0. The highest BCUT2D eigenvalue weighted by atomic mass is 32.2. The quantitative estimate of drug-likeness (QED) is 0.289. The Labute approximate surface area is 174 Å². The third kappa shape index (κ3) is 6.11. The van der Waals surface area contributed by atoms with Crippen molar-refractivity contribution in [3.05, 3.63) is 28.8 Å². The van der Waals surface area contributed by atoms with Crippen LogP contribution in [0, 0.1) is 0 Å². The molecule has 0 heterocycles. The van der Waals surface area contributed by atoms with Crippen LogP contribution in [0.15, 0.2) is 17.3 Å². The zero-order chi connectivity index (χ0) is 21.0. The van der Waals surface area contributed by atoms with Crippen LogP contribution in [-0.2, 0) is 10.8 Å². The molecule has 0 aliphatic heterocycles. The molecule has 0 unspecified atom stereocenters. The summed E-state index contributed by atoms with van der Waals surface area (Å²) in [6.45, 7) is 18.3. The smallest absolute Gasteiger partial charge is 0.136 e. The van der Waals surface area contributed by atoms with Gasteiger partial charge in [0.1, 0.15) is 10.1 Å². The normalized spacial score (nSPS) is 13.0. The minimum Gasteiger partial charge on any atom is -0.507 e. The third-order valence-electron chi connectivity index (χ3n) is 4.53. The molecule has 0 aliphatic rings. The maximum absolute atomic E-state index is 10.9. The molecule has 2 N–H and O–H groups in total. The molecule has 27 heavy (non-hydrogen) atoms. The van der Waals surface area contributed by atoms with E-state index in [2.05, 4.69) is 65.4 Å². The number of phenolic OH excluding ortho intramolecular Hbond substituents is 1. The average Bonchev–Trinajstić information content (AvgIpc) is 2.55. The Morgan fingerprint density at radius 2 is 1.48 bits per heavy atom. The van der Waals surface area contributed by atoms with E-state index in [1.807, 2.05) is 12.1 Å². The van der Waals surface area contributed by atoms with Gasteiger partial charge in [-0.25, -0.2) is 0 Å². The Kier molecular flexibility index (Phi) is 8.17. The topological polar surface area (TPSA) is 56.1 Å². The minimum atomic E-state index is -0.232. The van der Waals surface area contributed by atoms with Gasteiger partial charge in [0, 0.05) is 35.5 Å². The molecule has 0 bridgehead atoms. The maximum atomic E-state index is 10.9. The van der Waals surface area contributed by atoms with Crippen molar-refractivity contribution in [2.24, 2.45) is 5.16 Å². The van der Waals surface area contributed by atoms with E-state index < -0.39 is 0 Å². The zero-order valence-corrected chi connectivity index (χ0v) is 19.5. The molecule has 0 aliphatic carbocycles. The van der Waals surface area contributed by atoms with E-state index in [1.165, 1.54) is 11.8 Å². The second-order valence-corrected chi connectivity index (χ2v) is 10.3. The summed E-state index contributed by atoms with van der Waals surface area (Å²) in [5.41, 5.74) is 2.62. The van der Waals surface area contributed by atoms with Crippen molar-refractivity contribution in [3.8, 4) is 5.75 Å². The first-order valence-corrected chi connectivity index (χ1v) is 10.8. The lowest BCUT2D eigenvalue weighted by Gasteiger charge is -2.28. The van der Waals surface area contributed by atoms with Gasteiger partial charge in [-0.2, -0.15) is 0 Å². The molecule has 4 nitrogen and oxygen atoms in total. The summed E-state index contributed by atoms with van der Waals surface area (Å²) in [5.74, 6) is 0.798. The van der Waals surface area contributed by atoms with Gasteiger partial charge in [0.2, 0.25) is 0 Å². The molecule has 1 aromatic carbocycles. The van der Waals surface area contributed by atoms with Crippen molar-refractivity contribution >= 4 is 34.0 Å². The second-order valence-electron chi connectivity index (χ2n) is 8.69. The van der Waals surface area contributed by atoms with E-state index in [1.54, 1.807) is 0 Å². The van der Waals surface area contributed by atoms with E-state index in [-0.39, 0.29) is 10.8 Å². The van der Waals surface area contributed by atoms with Crippen molar-refractivity contribution < 1.29 is 10.3 Å². The number of hydrogen-bond donors (Lipinski definition) is 2. The Balaban J connectivity index is 3.32. The Morgan fingerprint density at radius 1 is 1.04 bits per heavy atom. The van der Waals surface area contributed by atoms with Crippen LogP contribution in [0.2, 0.25) is 0 Å². The number of aromatic hydroxyl groups is 1. The van der Waals surface area contributed by atoms with Gasteiger partial charge in [0.25, 0.3) is 0 Å². The molecule has 0 saturated heterocycles. The van der Waals surface area contributed by atoms with Crippen LogP contribution < -0.4 is 0 Å². The largest absolute Gasteiger partial charge is 0.507 e. The van der Waals surface area contributed by atoms with Gasteiger partial charge in [-0.05, 0) is 36.8 Å². The van der Waals surface area contributed by atoms with Crippen LogP contribution in [0.25, 0.3) is 0 Å². The molecule has 0 saturated carbocycles. The van der Waals surface area contributed by atoms with Gasteiger partial charge < -0.3 is 15.2 Å². The molecular weight excluding hydrogens is 376 g/mol. The first kappa shape index (κ1) is 23.8. The van der Waals surface area contributed by atoms with Crippen molar-refractivity contribution in [1.29, 1.82) is 0 Å². The van der Waals surface area contributed by atoms with Gasteiger partial charge >= 0.3 is 0 Å². The van der Waals surface area contributed by atoms with E-state index in [4.69, 9.17) is 12.2 Å². The molecule has 0 amide bonds. The Hall–Kier alpha value is -1.27. The Morgan fingerprint density at radius 3 is 1.81 bits per heavy atom. The SMILES string of the molecule is CCN(CC)C(=S)SC/C(=N\O)c1cc(C(C)(C)C)c(O)c(C(C)(C)C)c1. The first-order chi connectivity index (χ1) is 12.4. The summed E-state index contributed by atoms with van der Waals surface area (Å²) in [6.07, 6.45) is 0. The molecular formula is C21H34N2O2S2. The van der Waals surface area contributed by atoms with Crippen LogP contribution in [0.3, 0.4) is 0 Å². The van der Waals surface area contributed by atoms with Gasteiger partial charge in [0.15, 0.2) is 0 Å². The van der Waals surface area contributed by atoms with Crippen LogP contribution in [0.1, 0.15) is 72.1 Å². The van der Waals surface area contributed by atoms with E-state index in [0.717, 1.165) is 34.1 Å². The molecule has 0 radical (unpaired) electrons. The summed E-state index contributed by atoms with van der Waals surface area (Å²) >= 11 is 6.99. The van der Waals surface area contributed by atoms with E-state index in [0.29, 0.717) is 17.2 Å². The number of nitrogens with zero attached hydrogens (tertiary/aromatic N) is 2. The van der Waals surface area contributed by atoms with Gasteiger partial charge in [0.05, 0.1) is 5.71 Å². The number of benzene rings is 1. The number of phenols is 1. The second kappa shape index (κ2) is 9.28. The number of thioether (sulfide) groups is 1. The van der Waals surface area contributed by atoms with Crippen LogP contribution in [0.4, 0.5) is 0 Å². The fourth-order valence-corrected chi connectivity index (χ4v) is 4.18. The minimum absolute atomic E-state index is 0.232. The van der Waals surface area contributed by atoms with Crippen LogP contribution in [-0.4, -0.2) is 44.1 Å². The number of hydrogen-bond acceptors (Lipinski definition) is 5. The monoisotopic (exact) mass is 410 g/mol. The van der Waals surface area contributed by atoms with Crippen molar-refractivity contribution in [2.75, 3.05) is 18.8 Å². The molecule has 0 spiro atoms. The van der Waals surface area contributed by atoms with Crippen molar-refractivity contribution in [1.82, 2.24) is 4.90 Å². The Bertz CT molecular complexity index is 662. The fraction of sp³-hybridized carbons (Fsp3) is 0.619. The highest BCUT2D eigenvalue weighted by Crippen LogP contribution is 2.40. The molecule has 0 aromatic heterocycles. The molecule has 6 heteroatoms. The zero-order valence-electron chi connectivity index (χ0n) is 17.9. The molecule has 152 valence electrons. The summed E-state index contributed by atoms with van der Waals surface area (Å²) in [4.78, 5) is 2.10. The maximum Gasteiger partial charge on any atom is 0.136 e. The third-order valence-corrected chi connectivity index (χ3v) is 6.07. The highest BCUT2D eigenvalue weighted by molar-refractivity contribution is 8.23. The lowest BCUT2D eigenvalue weighted by Crippen LogP contribution is -2.27. The summed E-state index contributed by atoms with van der Waals surface area (Å²) in [5, 5.41) is 24.1. The lowest BCUT2D eigenvalue weighted by atomic mass is 9.78. The molecule has 1 aromatic rings. The predicted molar refractivity (Wildman–Crippen MR) is 122 cm³/mol. The predicted octanol–water partition coefficient (Wildman–Crippen LogP) is 5.53. The molecule has 0 atom stereocenters. The first-order valence-electron chi connectivity index (χ1n) is 9.37. The highest BCUT2D eigenvalue weighted by Gasteiger charge is 2.27. The number of oxime groups is 1. The van der Waals surface area contributed by atoms with Crippen LogP contribution in [0.5, 0.6) is 5.75 Å². The summed E-state index contributed by atoms with van der Waals surface area (Å²) in [6, 6.07) is 3.86. The van der Waals surface area contributed by atoms with E-state index in [9.17, 15) is 10.3 Å². The van der Waals surface area contributed by atoms with Crippen molar-refractivity contribution in [2.45, 2.75) is 66.2 Å². The average molecular weight is 411 g/mol. The molecule has 1 rings (SSSR count). The lowest BCUT2D eigenvalue weighted by molar-refractivity contribution is 0.319. The number of thiocarbonyl (C=S) groups is 1. The fourth-order valence-electron chi connectivity index (χ4n) is 2.82. The number of rotatable bonds is 5. The van der Waals surface area contributed by atoms with Gasteiger partial charge in [-0.1, -0.05) is 70.7 Å². The van der Waals surface area contributed by atoms with Gasteiger partial charge in [-0.15, -0.1) is 0 Å². The van der Waals surface area contributed by atoms with E-state index >= 15 is 0 Å². The van der Waals surface area contributed by atoms with Crippen LogP contribution >= 0.6 is 24.0 Å².